The number of anilines is 1. The van der Waals surface area contributed by atoms with Crippen molar-refractivity contribution in [3.63, 3.8) is 0 Å². The summed E-state index contributed by atoms with van der Waals surface area (Å²) in [5.74, 6) is 0.475. The van der Waals surface area contributed by atoms with Crippen molar-refractivity contribution >= 4 is 21.6 Å². The van der Waals surface area contributed by atoms with Crippen molar-refractivity contribution in [2.75, 3.05) is 18.4 Å². The lowest BCUT2D eigenvalue weighted by atomic mass is 10.1. The standard InChI is InChI=1S/C23H24N2O4S/c1-29-19-11-7-9-18(17-19)10-8-16-24-23(26)21-14-5-6-15-22(21)25-30(27,28)20-12-3-2-4-13-20/h2-7,9,11-15,17,25H,8,10,16H2,1H3,(H,24,26). The van der Waals surface area contributed by atoms with Gasteiger partial charge >= 0.3 is 0 Å². The zero-order valence-electron chi connectivity index (χ0n) is 16.7. The third-order valence-electron chi connectivity index (χ3n) is 4.53. The molecule has 7 heteroatoms. The molecule has 0 aliphatic rings. The zero-order valence-corrected chi connectivity index (χ0v) is 17.5. The molecule has 156 valence electrons. The molecule has 3 rings (SSSR count). The van der Waals surface area contributed by atoms with Crippen LogP contribution in [0, 0.1) is 0 Å². The summed E-state index contributed by atoms with van der Waals surface area (Å²) in [6.45, 7) is 0.468. The highest BCUT2D eigenvalue weighted by atomic mass is 32.2. The van der Waals surface area contributed by atoms with Crippen LogP contribution in [0.5, 0.6) is 5.75 Å². The van der Waals surface area contributed by atoms with E-state index in [2.05, 4.69) is 10.0 Å². The summed E-state index contributed by atoms with van der Waals surface area (Å²) in [5.41, 5.74) is 1.64. The second-order valence-electron chi connectivity index (χ2n) is 6.68. The summed E-state index contributed by atoms with van der Waals surface area (Å²) in [6, 6.07) is 22.4. The Morgan fingerprint density at radius 2 is 1.67 bits per heavy atom. The number of nitrogens with one attached hydrogen (secondary N) is 2. The molecule has 3 aromatic rings. The molecular weight excluding hydrogens is 400 g/mol. The number of sulfonamides is 1. The molecule has 0 atom stereocenters. The molecule has 0 saturated carbocycles. The van der Waals surface area contributed by atoms with Crippen molar-refractivity contribution < 1.29 is 17.9 Å². The summed E-state index contributed by atoms with van der Waals surface area (Å²) < 4.78 is 32.9. The fourth-order valence-electron chi connectivity index (χ4n) is 2.99. The summed E-state index contributed by atoms with van der Waals surface area (Å²) in [4.78, 5) is 12.8. The number of aryl methyl sites for hydroxylation is 1. The monoisotopic (exact) mass is 424 g/mol. The fraction of sp³-hybridized carbons (Fsp3) is 0.174. The number of para-hydroxylation sites is 1. The van der Waals surface area contributed by atoms with Crippen molar-refractivity contribution in [1.29, 1.82) is 0 Å². The fourth-order valence-corrected chi connectivity index (χ4v) is 4.09. The minimum atomic E-state index is -3.78. The van der Waals surface area contributed by atoms with Gasteiger partial charge in [0, 0.05) is 6.54 Å². The third-order valence-corrected chi connectivity index (χ3v) is 5.91. The maximum Gasteiger partial charge on any atom is 0.261 e. The van der Waals surface area contributed by atoms with Crippen molar-refractivity contribution in [2.45, 2.75) is 17.7 Å². The Bertz CT molecular complexity index is 1100. The van der Waals surface area contributed by atoms with Crippen molar-refractivity contribution in [3.05, 3.63) is 90.0 Å². The van der Waals surface area contributed by atoms with Crippen LogP contribution in [-0.2, 0) is 16.4 Å². The van der Waals surface area contributed by atoms with Crippen LogP contribution >= 0.6 is 0 Å². The first-order chi connectivity index (χ1) is 14.5. The number of carbonyl (C=O) groups excluding carboxylic acids is 1. The van der Waals surface area contributed by atoms with Gasteiger partial charge in [0.1, 0.15) is 5.75 Å². The smallest absolute Gasteiger partial charge is 0.261 e. The predicted molar refractivity (Wildman–Crippen MR) is 117 cm³/mol. The average molecular weight is 425 g/mol. The summed E-state index contributed by atoms with van der Waals surface area (Å²) in [6.07, 6.45) is 1.54. The molecule has 0 fully saturated rings. The number of amides is 1. The minimum absolute atomic E-state index is 0.138. The Labute approximate surface area is 177 Å². The minimum Gasteiger partial charge on any atom is -0.497 e. The number of benzene rings is 3. The Morgan fingerprint density at radius 3 is 2.43 bits per heavy atom. The lowest BCUT2D eigenvalue weighted by Crippen LogP contribution is -2.26. The third kappa shape index (κ3) is 5.61. The van der Waals surface area contributed by atoms with Gasteiger partial charge < -0.3 is 10.1 Å². The molecule has 0 aliphatic heterocycles. The van der Waals surface area contributed by atoms with E-state index in [4.69, 9.17) is 4.74 Å². The second kappa shape index (κ2) is 9.93. The van der Waals surface area contributed by atoms with E-state index in [0.29, 0.717) is 6.54 Å². The predicted octanol–water partition coefficient (Wildman–Crippen LogP) is 3.86. The van der Waals surface area contributed by atoms with E-state index in [0.717, 1.165) is 24.2 Å². The van der Waals surface area contributed by atoms with Gasteiger partial charge in [-0.2, -0.15) is 0 Å². The Morgan fingerprint density at radius 1 is 0.933 bits per heavy atom. The normalized spacial score (nSPS) is 11.0. The van der Waals surface area contributed by atoms with Gasteiger partial charge in [0.2, 0.25) is 0 Å². The number of methoxy groups -OCH3 is 1. The van der Waals surface area contributed by atoms with E-state index in [1.165, 1.54) is 12.1 Å². The molecule has 1 amide bonds. The molecule has 30 heavy (non-hydrogen) atoms. The van der Waals surface area contributed by atoms with E-state index in [1.54, 1.807) is 49.6 Å². The molecule has 3 aromatic carbocycles. The van der Waals surface area contributed by atoms with Gasteiger partial charge in [-0.15, -0.1) is 0 Å². The zero-order chi connectivity index (χ0) is 21.4. The van der Waals surface area contributed by atoms with Crippen LogP contribution < -0.4 is 14.8 Å². The van der Waals surface area contributed by atoms with Crippen molar-refractivity contribution in [3.8, 4) is 5.75 Å². The van der Waals surface area contributed by atoms with Gasteiger partial charge in [-0.25, -0.2) is 8.42 Å². The van der Waals surface area contributed by atoms with E-state index < -0.39 is 10.0 Å². The van der Waals surface area contributed by atoms with Gasteiger partial charge in [-0.1, -0.05) is 42.5 Å². The Hall–Kier alpha value is -3.32. The van der Waals surface area contributed by atoms with Crippen LogP contribution in [0.4, 0.5) is 5.69 Å². The largest absolute Gasteiger partial charge is 0.497 e. The van der Waals surface area contributed by atoms with Gasteiger partial charge in [0.15, 0.2) is 0 Å². The first kappa shape index (κ1) is 21.4. The summed E-state index contributed by atoms with van der Waals surface area (Å²) in [5, 5.41) is 2.86. The van der Waals surface area contributed by atoms with Crippen molar-refractivity contribution in [2.24, 2.45) is 0 Å². The Balaban J connectivity index is 1.61. The number of ether oxygens (including phenoxy) is 1. The van der Waals surface area contributed by atoms with Crippen LogP contribution in [-0.4, -0.2) is 28.0 Å². The van der Waals surface area contributed by atoms with Crippen LogP contribution in [0.1, 0.15) is 22.3 Å². The summed E-state index contributed by atoms with van der Waals surface area (Å²) in [7, 11) is -2.15. The molecule has 0 bridgehead atoms. The second-order valence-corrected chi connectivity index (χ2v) is 8.36. The molecular formula is C23H24N2O4S. The molecule has 0 aliphatic carbocycles. The Kier molecular flexibility index (Phi) is 7.08. The van der Waals surface area contributed by atoms with Crippen LogP contribution in [0.3, 0.4) is 0 Å². The SMILES string of the molecule is COc1cccc(CCCNC(=O)c2ccccc2NS(=O)(=O)c2ccccc2)c1. The summed E-state index contributed by atoms with van der Waals surface area (Å²) >= 11 is 0. The van der Waals surface area contributed by atoms with Crippen LogP contribution in [0.2, 0.25) is 0 Å². The molecule has 0 saturated heterocycles. The average Bonchev–Trinajstić information content (AvgIpc) is 2.77. The molecule has 0 spiro atoms. The maximum absolute atomic E-state index is 12.6. The van der Waals surface area contributed by atoms with Crippen LogP contribution in [0.15, 0.2) is 83.8 Å². The number of hydrogen-bond acceptors (Lipinski definition) is 4. The van der Waals surface area contributed by atoms with Crippen LogP contribution in [0.25, 0.3) is 0 Å². The number of carbonyl (C=O) groups is 1. The van der Waals surface area contributed by atoms with E-state index in [9.17, 15) is 13.2 Å². The maximum atomic E-state index is 12.6. The molecule has 0 radical (unpaired) electrons. The van der Waals surface area contributed by atoms with Crippen molar-refractivity contribution in [1.82, 2.24) is 5.32 Å². The van der Waals surface area contributed by atoms with Gasteiger partial charge in [-0.3, -0.25) is 9.52 Å². The molecule has 2 N–H and O–H groups in total. The topological polar surface area (TPSA) is 84.5 Å². The lowest BCUT2D eigenvalue weighted by molar-refractivity contribution is 0.0954. The quantitative estimate of drug-likeness (QED) is 0.511. The first-order valence-corrected chi connectivity index (χ1v) is 11.1. The highest BCUT2D eigenvalue weighted by molar-refractivity contribution is 7.92. The van der Waals surface area contributed by atoms with E-state index in [-0.39, 0.29) is 22.1 Å². The molecule has 0 aromatic heterocycles. The van der Waals surface area contributed by atoms with Gasteiger partial charge in [-0.05, 0) is 54.8 Å². The molecule has 0 heterocycles. The highest BCUT2D eigenvalue weighted by Crippen LogP contribution is 2.20. The molecule has 0 unspecified atom stereocenters. The number of hydrogen-bond donors (Lipinski definition) is 2. The highest BCUT2D eigenvalue weighted by Gasteiger charge is 2.18. The lowest BCUT2D eigenvalue weighted by Gasteiger charge is -2.13. The van der Waals surface area contributed by atoms with Gasteiger partial charge in [0.25, 0.3) is 15.9 Å². The number of rotatable bonds is 9. The van der Waals surface area contributed by atoms with Gasteiger partial charge in [0.05, 0.1) is 23.3 Å². The van der Waals surface area contributed by atoms with E-state index >= 15 is 0 Å². The van der Waals surface area contributed by atoms with E-state index in [1.807, 2.05) is 24.3 Å². The first-order valence-electron chi connectivity index (χ1n) is 9.57. The molecule has 6 nitrogen and oxygen atoms in total.